The minimum atomic E-state index is -0.112. The number of hydrogen-bond acceptors (Lipinski definition) is 4. The molecule has 6 heteroatoms. The minimum Gasteiger partial charge on any atom is -0.355 e. The van der Waals surface area contributed by atoms with Crippen molar-refractivity contribution in [3.05, 3.63) is 60.2 Å². The number of nitrogens with one attached hydrogen (secondary N) is 3. The van der Waals surface area contributed by atoms with E-state index in [2.05, 4.69) is 53.1 Å². The lowest BCUT2D eigenvalue weighted by Gasteiger charge is -2.13. The average molecular weight is 347 g/mol. The second kappa shape index (κ2) is 5.91. The molecular formula is C20H21N5O. The van der Waals surface area contributed by atoms with Crippen LogP contribution in [-0.2, 0) is 0 Å². The topological polar surface area (TPSA) is 71.0 Å². The number of carbonyl (C=O) groups excluding carboxylic acids is 1. The van der Waals surface area contributed by atoms with Gasteiger partial charge in [0.05, 0.1) is 22.4 Å². The second-order valence-electron chi connectivity index (χ2n) is 6.70. The van der Waals surface area contributed by atoms with Crippen molar-refractivity contribution in [2.75, 3.05) is 17.7 Å². The molecule has 1 aliphatic rings. The molecule has 4 rings (SSSR count). The first-order valence-corrected chi connectivity index (χ1v) is 8.60. The maximum atomic E-state index is 11.9. The van der Waals surface area contributed by atoms with Crippen molar-refractivity contribution >= 4 is 28.3 Å². The summed E-state index contributed by atoms with van der Waals surface area (Å²) < 4.78 is 2.15. The Labute approximate surface area is 151 Å². The molecule has 0 bridgehead atoms. The van der Waals surface area contributed by atoms with Gasteiger partial charge in [0.1, 0.15) is 11.6 Å². The molecule has 3 aromatic rings. The summed E-state index contributed by atoms with van der Waals surface area (Å²) in [6.45, 7) is 8.15. The van der Waals surface area contributed by atoms with Crippen LogP contribution in [0.4, 0.5) is 11.4 Å². The van der Waals surface area contributed by atoms with Gasteiger partial charge in [0.2, 0.25) is 0 Å². The van der Waals surface area contributed by atoms with Crippen LogP contribution in [0.2, 0.25) is 0 Å². The van der Waals surface area contributed by atoms with Gasteiger partial charge in [-0.1, -0.05) is 20.4 Å². The zero-order valence-electron chi connectivity index (χ0n) is 15.1. The summed E-state index contributed by atoms with van der Waals surface area (Å²) in [6, 6.07) is 11.8. The van der Waals surface area contributed by atoms with Crippen LogP contribution in [-0.4, -0.2) is 22.5 Å². The molecule has 2 heterocycles. The van der Waals surface area contributed by atoms with Gasteiger partial charge < -0.3 is 16.0 Å². The number of imidazole rings is 1. The van der Waals surface area contributed by atoms with E-state index in [-0.39, 0.29) is 11.8 Å². The molecule has 0 atom stereocenters. The van der Waals surface area contributed by atoms with Crippen LogP contribution >= 0.6 is 0 Å². The summed E-state index contributed by atoms with van der Waals surface area (Å²) in [5.74, 6) is 1.85. The second-order valence-corrected chi connectivity index (χ2v) is 6.70. The van der Waals surface area contributed by atoms with Gasteiger partial charge >= 0.3 is 0 Å². The predicted molar refractivity (Wildman–Crippen MR) is 105 cm³/mol. The highest BCUT2D eigenvalue weighted by Gasteiger charge is 2.19. The predicted octanol–water partition coefficient (Wildman–Crippen LogP) is 3.82. The lowest BCUT2D eigenvalue weighted by Crippen LogP contribution is -2.17. The maximum absolute atomic E-state index is 11.9. The molecule has 1 aliphatic heterocycles. The van der Waals surface area contributed by atoms with E-state index in [1.807, 2.05) is 24.3 Å². The van der Waals surface area contributed by atoms with Crippen LogP contribution in [0.5, 0.6) is 0 Å². The van der Waals surface area contributed by atoms with Gasteiger partial charge in [-0.3, -0.25) is 9.36 Å². The minimum absolute atomic E-state index is 0.112. The molecule has 1 aromatic heterocycles. The van der Waals surface area contributed by atoms with Gasteiger partial charge in [-0.25, -0.2) is 4.98 Å². The fourth-order valence-corrected chi connectivity index (χ4v) is 3.28. The Bertz CT molecular complexity index is 1050. The lowest BCUT2D eigenvalue weighted by atomic mass is 10.1. The zero-order valence-corrected chi connectivity index (χ0v) is 15.1. The van der Waals surface area contributed by atoms with E-state index in [9.17, 15) is 4.79 Å². The maximum Gasteiger partial charge on any atom is 0.251 e. The first-order chi connectivity index (χ1) is 12.5. The Morgan fingerprint density at radius 2 is 1.92 bits per heavy atom. The molecule has 0 radical (unpaired) electrons. The van der Waals surface area contributed by atoms with Crippen molar-refractivity contribution in [3.63, 3.8) is 0 Å². The molecule has 0 saturated heterocycles. The Balaban J connectivity index is 1.91. The normalized spacial score (nSPS) is 12.8. The van der Waals surface area contributed by atoms with Crippen molar-refractivity contribution < 1.29 is 4.79 Å². The van der Waals surface area contributed by atoms with Crippen LogP contribution in [0.25, 0.3) is 16.7 Å². The Hall–Kier alpha value is -3.28. The van der Waals surface area contributed by atoms with Crippen LogP contribution in [0.3, 0.4) is 0 Å². The van der Waals surface area contributed by atoms with Gasteiger partial charge in [-0.05, 0) is 36.4 Å². The van der Waals surface area contributed by atoms with E-state index in [1.165, 1.54) is 0 Å². The van der Waals surface area contributed by atoms with Gasteiger partial charge in [0.25, 0.3) is 5.91 Å². The lowest BCUT2D eigenvalue weighted by molar-refractivity contribution is 0.0963. The monoisotopic (exact) mass is 347 g/mol. The average Bonchev–Trinajstić information content (AvgIpc) is 3.19. The van der Waals surface area contributed by atoms with Gasteiger partial charge in [0, 0.05) is 24.2 Å². The molecule has 3 N–H and O–H groups in total. The molecule has 0 unspecified atom stereocenters. The first-order valence-electron chi connectivity index (χ1n) is 8.60. The molecule has 0 spiro atoms. The smallest absolute Gasteiger partial charge is 0.251 e. The molecule has 0 fully saturated rings. The highest BCUT2D eigenvalue weighted by molar-refractivity contribution is 5.97. The Morgan fingerprint density at radius 1 is 1.15 bits per heavy atom. The number of anilines is 2. The highest BCUT2D eigenvalue weighted by atomic mass is 16.1. The summed E-state index contributed by atoms with van der Waals surface area (Å²) in [5, 5.41) is 9.09. The van der Waals surface area contributed by atoms with E-state index >= 15 is 0 Å². The third kappa shape index (κ3) is 2.50. The van der Waals surface area contributed by atoms with Crippen LogP contribution in [0, 0.1) is 0 Å². The van der Waals surface area contributed by atoms with Crippen molar-refractivity contribution in [2.24, 2.45) is 0 Å². The fraction of sp³-hybridized carbons (Fsp3) is 0.200. The third-order valence-corrected chi connectivity index (χ3v) is 4.52. The van der Waals surface area contributed by atoms with E-state index in [0.29, 0.717) is 5.56 Å². The number of nitrogens with zero attached hydrogens (tertiary/aromatic N) is 2. The molecule has 132 valence electrons. The van der Waals surface area contributed by atoms with Crippen molar-refractivity contribution in [2.45, 2.75) is 19.8 Å². The van der Waals surface area contributed by atoms with E-state index in [4.69, 9.17) is 4.98 Å². The van der Waals surface area contributed by atoms with Crippen LogP contribution in [0.15, 0.2) is 48.8 Å². The van der Waals surface area contributed by atoms with E-state index in [1.54, 1.807) is 7.05 Å². The van der Waals surface area contributed by atoms with Gasteiger partial charge in [-0.15, -0.1) is 0 Å². The van der Waals surface area contributed by atoms with E-state index < -0.39 is 0 Å². The quantitative estimate of drug-likeness (QED) is 0.674. The summed E-state index contributed by atoms with van der Waals surface area (Å²) in [7, 11) is 1.63. The summed E-state index contributed by atoms with van der Waals surface area (Å²) in [4.78, 5) is 16.7. The highest BCUT2D eigenvalue weighted by Crippen LogP contribution is 2.34. The number of benzene rings is 2. The van der Waals surface area contributed by atoms with Crippen LogP contribution < -0.4 is 16.0 Å². The van der Waals surface area contributed by atoms with Crippen molar-refractivity contribution in [1.29, 1.82) is 0 Å². The number of fused-ring (bicyclic) bond motifs is 2. The van der Waals surface area contributed by atoms with Crippen LogP contribution in [0.1, 0.15) is 35.9 Å². The largest absolute Gasteiger partial charge is 0.355 e. The summed E-state index contributed by atoms with van der Waals surface area (Å²) >= 11 is 0. The first kappa shape index (κ1) is 16.2. The standard InChI is InChI=1S/C20H21N5O/c1-11(2)19-24-17-9-13(20(26)21-4)5-8-18(17)25(19)14-6-7-15-16(10-14)23-12(3)22-15/h5-11,22-23H,3H2,1-2,4H3,(H,21,26). The molecule has 0 saturated carbocycles. The summed E-state index contributed by atoms with van der Waals surface area (Å²) in [6.07, 6.45) is 0. The zero-order chi connectivity index (χ0) is 18.4. The molecular weight excluding hydrogens is 326 g/mol. The number of rotatable bonds is 3. The molecule has 2 aromatic carbocycles. The number of hydrogen-bond donors (Lipinski definition) is 3. The number of carbonyl (C=O) groups is 1. The Kier molecular flexibility index (Phi) is 3.68. The van der Waals surface area contributed by atoms with Gasteiger partial charge in [0.15, 0.2) is 0 Å². The summed E-state index contributed by atoms with van der Waals surface area (Å²) in [5.41, 5.74) is 5.42. The van der Waals surface area contributed by atoms with Crippen molar-refractivity contribution in [3.8, 4) is 5.69 Å². The van der Waals surface area contributed by atoms with Crippen molar-refractivity contribution in [1.82, 2.24) is 14.9 Å². The van der Waals surface area contributed by atoms with Gasteiger partial charge in [-0.2, -0.15) is 0 Å². The third-order valence-electron chi connectivity index (χ3n) is 4.52. The molecule has 6 nitrogen and oxygen atoms in total. The molecule has 0 aliphatic carbocycles. The van der Waals surface area contributed by atoms with E-state index in [0.717, 1.165) is 39.7 Å². The fourth-order valence-electron chi connectivity index (χ4n) is 3.28. The SMILES string of the molecule is C=C1Nc2ccc(-n3c(C(C)C)nc4cc(C(=O)NC)ccc43)cc2N1. The Morgan fingerprint density at radius 3 is 2.65 bits per heavy atom. The molecule has 26 heavy (non-hydrogen) atoms. The number of aromatic nitrogens is 2. The number of amides is 1. The molecule has 1 amide bonds.